The predicted molar refractivity (Wildman–Crippen MR) is 327 cm³/mol. The van der Waals surface area contributed by atoms with Crippen molar-refractivity contribution in [3.8, 4) is 0 Å². The molecule has 79 heavy (non-hydrogen) atoms. The number of thioether (sulfide) groups is 1. The maximum Gasteiger partial charge on any atom is 0.501 e. The number of hydrogen-bond acceptors (Lipinski definition) is 23. The van der Waals surface area contributed by atoms with Crippen LogP contribution in [0.2, 0.25) is 36.3 Å². The second kappa shape index (κ2) is 44.2. The third kappa shape index (κ3) is 28.0. The van der Waals surface area contributed by atoms with Crippen molar-refractivity contribution < 1.29 is 79.7 Å². The van der Waals surface area contributed by atoms with E-state index in [9.17, 15) is 0 Å². The van der Waals surface area contributed by atoms with E-state index in [1.165, 1.54) is 0 Å². The maximum absolute atomic E-state index is 6.34. The Hall–Kier alpha value is 0.771. The monoisotopic (exact) mass is 1260 g/mol. The fraction of sp³-hybridized carbons (Fsp3) is 1.00. The summed E-state index contributed by atoms with van der Waals surface area (Å²) in [4.78, 5) is 0. The fourth-order valence-electron chi connectivity index (χ4n) is 9.94. The van der Waals surface area contributed by atoms with Gasteiger partial charge in [0.25, 0.3) is 0 Å². The number of hydrogen-bond donors (Lipinski definition) is 4. The molecule has 0 aromatic rings. The highest BCUT2D eigenvalue weighted by Gasteiger charge is 2.57. The van der Waals surface area contributed by atoms with Gasteiger partial charge in [0.05, 0.1) is 12.3 Å². The van der Waals surface area contributed by atoms with Crippen LogP contribution >= 0.6 is 11.8 Å². The fourth-order valence-corrected chi connectivity index (χ4v) is 27.7. The Kier molecular flexibility index (Phi) is 44.7. The molecule has 0 bridgehead atoms. The molecule has 0 aliphatic carbocycles. The summed E-state index contributed by atoms with van der Waals surface area (Å²) in [5.74, 6) is 0. The zero-order valence-corrected chi connectivity index (χ0v) is 60.1. The van der Waals surface area contributed by atoms with Crippen LogP contribution in [0.5, 0.6) is 0 Å². The van der Waals surface area contributed by atoms with Gasteiger partial charge in [0.1, 0.15) is 0 Å². The average Bonchev–Trinajstić information content (AvgIpc) is 3.43. The van der Waals surface area contributed by atoms with Crippen molar-refractivity contribution in [2.24, 2.45) is 0 Å². The third-order valence-corrected chi connectivity index (χ3v) is 34.0. The van der Waals surface area contributed by atoms with Gasteiger partial charge in [-0.3, -0.25) is 0 Å². The van der Waals surface area contributed by atoms with E-state index in [1.54, 1.807) is 54.4 Å². The van der Waals surface area contributed by atoms with Crippen LogP contribution in [-0.4, -0.2) is 223 Å². The summed E-state index contributed by atoms with van der Waals surface area (Å²) in [7, 11) is -8.75. The van der Waals surface area contributed by atoms with Crippen LogP contribution < -0.4 is 21.3 Å². The molecular formula is C50H118N4O18SSi6. The first-order valence-corrected chi connectivity index (χ1v) is 41.9. The molecule has 0 rings (SSSR count). The van der Waals surface area contributed by atoms with Crippen molar-refractivity contribution in [2.45, 2.75) is 181 Å². The Labute approximate surface area is 491 Å². The Morgan fingerprint density at radius 2 is 0.456 bits per heavy atom. The van der Waals surface area contributed by atoms with Gasteiger partial charge < -0.3 is 101 Å². The first-order valence-electron chi connectivity index (χ1n) is 29.5. The van der Waals surface area contributed by atoms with E-state index < -0.39 is 74.7 Å². The number of nitrogens with one attached hydrogen (secondary N) is 4. The summed E-state index contributed by atoms with van der Waals surface area (Å²) in [6.07, 6.45) is 2.05. The lowest BCUT2D eigenvalue weighted by atomic mass is 10.1. The van der Waals surface area contributed by atoms with E-state index in [4.69, 9.17) is 79.7 Å². The Balaban J connectivity index is 8.35. The Bertz CT molecular complexity index is 1220. The molecule has 0 fully saturated rings. The predicted octanol–water partition coefficient (Wildman–Crippen LogP) is 7.76. The largest absolute Gasteiger partial charge is 0.501 e. The number of rotatable bonds is 58. The normalized spacial score (nSPS) is 15.0. The highest BCUT2D eigenvalue weighted by Crippen LogP contribution is 2.49. The van der Waals surface area contributed by atoms with E-state index in [0.717, 1.165) is 0 Å². The van der Waals surface area contributed by atoms with Crippen molar-refractivity contribution in [3.05, 3.63) is 0 Å². The molecule has 0 aliphatic rings. The summed E-state index contributed by atoms with van der Waals surface area (Å²) < 4.78 is 112. The van der Waals surface area contributed by atoms with Gasteiger partial charge >= 0.3 is 52.8 Å². The van der Waals surface area contributed by atoms with Crippen molar-refractivity contribution in [2.75, 3.05) is 148 Å². The molecule has 0 saturated carbocycles. The van der Waals surface area contributed by atoms with Gasteiger partial charge in [-0.25, -0.2) is 0 Å². The molecule has 29 heteroatoms. The molecule has 22 nitrogen and oxygen atoms in total. The van der Waals surface area contributed by atoms with Gasteiger partial charge in [-0.2, -0.15) is 0 Å². The molecule has 476 valence electrons. The lowest BCUT2D eigenvalue weighted by molar-refractivity contribution is 0.0696. The smallest absolute Gasteiger partial charge is 0.377 e. The van der Waals surface area contributed by atoms with Crippen molar-refractivity contribution in [1.82, 2.24) is 21.3 Å². The van der Waals surface area contributed by atoms with E-state index >= 15 is 0 Å². The Morgan fingerprint density at radius 3 is 0.595 bits per heavy atom. The van der Waals surface area contributed by atoms with E-state index in [-0.39, 0.29) is 0 Å². The zero-order valence-electron chi connectivity index (χ0n) is 53.3. The minimum Gasteiger partial charge on any atom is -0.377 e. The summed E-state index contributed by atoms with van der Waals surface area (Å²) in [5, 5.41) is 16.0. The van der Waals surface area contributed by atoms with Crippen LogP contribution in [0, 0.1) is 0 Å². The minimum atomic E-state index is -3.41. The van der Waals surface area contributed by atoms with Gasteiger partial charge in [0.2, 0.25) is 0 Å². The first-order chi connectivity index (χ1) is 37.8. The molecular weight excluding hydrogens is 1150 g/mol. The quantitative estimate of drug-likeness (QED) is 0.0260. The topological polar surface area (TPSA) is 214 Å². The van der Waals surface area contributed by atoms with Crippen LogP contribution in [0.4, 0.5) is 0 Å². The van der Waals surface area contributed by atoms with Crippen molar-refractivity contribution in [1.29, 1.82) is 0 Å². The molecule has 0 heterocycles. The molecule has 0 aromatic heterocycles. The SMILES string of the molecule is CCO[Si](CCCNC(NCCC[Si](OCC)(OCC)OCC)C(C)(C[Si](OC)(OC)OC)SC(C)(C[Si](OC)(OC)OC)C(NCCC[Si](OCC)(OCC)OCC)NCCC[Si](OCC)(OCC)OCC)(OCC)OCC. The van der Waals surface area contributed by atoms with Crippen LogP contribution in [0.1, 0.15) is 123 Å². The second-order valence-corrected chi connectivity index (χ2v) is 37.6. The molecule has 0 radical (unpaired) electrons. The molecule has 0 aromatic carbocycles. The third-order valence-electron chi connectivity index (χ3n) is 13.1. The lowest BCUT2D eigenvalue weighted by Gasteiger charge is -2.50. The average molecular weight is 1260 g/mol. The van der Waals surface area contributed by atoms with Crippen molar-refractivity contribution in [3.63, 3.8) is 0 Å². The molecule has 4 N–H and O–H groups in total. The van der Waals surface area contributed by atoms with Gasteiger partial charge in [-0.1, -0.05) is 0 Å². The molecule has 0 aliphatic heterocycles. The summed E-state index contributed by atoms with van der Waals surface area (Å²) in [5.41, 5.74) is 0. The van der Waals surface area contributed by atoms with Gasteiger partial charge in [0, 0.05) is 168 Å². The van der Waals surface area contributed by atoms with Crippen LogP contribution in [0.3, 0.4) is 0 Å². The Morgan fingerprint density at radius 1 is 0.291 bits per heavy atom. The molecule has 2 atom stereocenters. The molecule has 0 amide bonds. The van der Waals surface area contributed by atoms with Crippen LogP contribution in [0.25, 0.3) is 0 Å². The molecule has 0 saturated heterocycles. The van der Waals surface area contributed by atoms with Crippen molar-refractivity contribution >= 4 is 64.6 Å². The van der Waals surface area contributed by atoms with Crippen LogP contribution in [-0.2, 0) is 79.7 Å². The lowest BCUT2D eigenvalue weighted by Crippen LogP contribution is -2.66. The standard InChI is InChI=1S/C50H118N4O18SSi6/c1-21-61-74(62-22-2,63-23-3)41-33-37-51-47(52-38-34-42-75(64-24-4,65-25-5)66-26-6)49(13,45-78(55-15,56-16)57-17)73-50(14,46-79(58-18,59-19)60-20)48(53-39-35-43-76(67-27-7,68-28-8)69-29-9)54-40-36-44-77(70-30-10,71-31-11)72-32-12/h47-48,51-54H,21-46H2,1-20H3. The molecule has 0 spiro atoms. The van der Waals surface area contributed by atoms with E-state index in [0.29, 0.717) is 167 Å². The van der Waals surface area contributed by atoms with E-state index in [1.807, 2.05) is 83.1 Å². The summed E-state index contributed by atoms with van der Waals surface area (Å²) in [6.45, 7) is 36.6. The van der Waals surface area contributed by atoms with Crippen LogP contribution in [0.15, 0.2) is 0 Å². The van der Waals surface area contributed by atoms with Gasteiger partial charge in [-0.15, -0.1) is 11.8 Å². The summed E-state index contributed by atoms with van der Waals surface area (Å²) in [6, 6.07) is 3.26. The summed E-state index contributed by atoms with van der Waals surface area (Å²) >= 11 is 1.79. The molecule has 2 unspecified atom stereocenters. The van der Waals surface area contributed by atoms with Gasteiger partial charge in [-0.05, 0) is 149 Å². The first kappa shape index (κ1) is 79.8. The highest BCUT2D eigenvalue weighted by molar-refractivity contribution is 8.02. The van der Waals surface area contributed by atoms with Gasteiger partial charge in [0.15, 0.2) is 0 Å². The minimum absolute atomic E-state index is 0.379. The highest BCUT2D eigenvalue weighted by atomic mass is 32.2. The van der Waals surface area contributed by atoms with E-state index in [2.05, 4.69) is 35.1 Å². The maximum atomic E-state index is 6.34. The zero-order chi connectivity index (χ0) is 59.8. The second-order valence-electron chi connectivity index (χ2n) is 18.7.